The maximum absolute atomic E-state index is 13.4. The summed E-state index contributed by atoms with van der Waals surface area (Å²) in [6, 6.07) is 7.80. The number of hydrogen-bond acceptors (Lipinski definition) is 3. The van der Waals surface area contributed by atoms with E-state index in [2.05, 4.69) is 28.2 Å². The van der Waals surface area contributed by atoms with Gasteiger partial charge in [0.25, 0.3) is 0 Å². The van der Waals surface area contributed by atoms with Crippen LogP contribution in [0.5, 0.6) is 0 Å². The van der Waals surface area contributed by atoms with E-state index in [0.717, 1.165) is 44.4 Å². The van der Waals surface area contributed by atoms with Gasteiger partial charge < -0.3 is 5.32 Å². The highest BCUT2D eigenvalue weighted by Gasteiger charge is 2.35. The van der Waals surface area contributed by atoms with Crippen LogP contribution >= 0.6 is 15.9 Å². The summed E-state index contributed by atoms with van der Waals surface area (Å²) < 4.78 is 29.4. The molecule has 0 aliphatic carbocycles. The summed E-state index contributed by atoms with van der Waals surface area (Å²) in [5.74, 6) is -0.486. The number of hydrogen-bond donors (Lipinski definition) is 1. The number of sulfonamides is 1. The summed E-state index contributed by atoms with van der Waals surface area (Å²) in [6.07, 6.45) is 2.15. The highest BCUT2D eigenvalue weighted by Crippen LogP contribution is 2.31. The largest absolute Gasteiger partial charge is 0.325 e. The van der Waals surface area contributed by atoms with Gasteiger partial charge in [-0.15, -0.1) is 0 Å². The highest BCUT2D eigenvalue weighted by atomic mass is 79.9. The number of nitrogens with one attached hydrogen (secondary N) is 1. The quantitative estimate of drug-likeness (QED) is 0.599. The van der Waals surface area contributed by atoms with Crippen molar-refractivity contribution in [3.8, 4) is 0 Å². The van der Waals surface area contributed by atoms with Crippen molar-refractivity contribution in [2.45, 2.75) is 58.8 Å². The van der Waals surface area contributed by atoms with Crippen LogP contribution < -0.4 is 5.32 Å². The monoisotopic (exact) mass is 506 g/mol. The second-order valence-electron chi connectivity index (χ2n) is 8.53. The number of carbonyl (C=O) groups excluding carboxylic acids is 1. The number of halogens is 1. The predicted octanol–water partition coefficient (Wildman–Crippen LogP) is 5.28. The Labute approximate surface area is 194 Å². The lowest BCUT2D eigenvalue weighted by Crippen LogP contribution is -2.44. The normalized spacial score (nSPS) is 17.5. The smallest absolute Gasteiger partial charge is 0.243 e. The first-order valence-electron chi connectivity index (χ1n) is 10.7. The first-order valence-corrected chi connectivity index (χ1v) is 13.0. The number of rotatable bonds is 5. The molecule has 5 nitrogen and oxygen atoms in total. The molecule has 0 saturated carbocycles. The minimum Gasteiger partial charge on any atom is -0.325 e. The van der Waals surface area contributed by atoms with Crippen LogP contribution in [-0.4, -0.2) is 31.7 Å². The lowest BCUT2D eigenvalue weighted by Gasteiger charge is -2.32. The summed E-state index contributed by atoms with van der Waals surface area (Å²) in [5.41, 5.74) is 5.43. The fourth-order valence-corrected chi connectivity index (χ4v) is 7.13. The molecule has 0 spiro atoms. The van der Waals surface area contributed by atoms with Gasteiger partial charge in [0.15, 0.2) is 0 Å². The molecular formula is C24H31BrN2O3S. The second kappa shape index (κ2) is 9.43. The van der Waals surface area contributed by atoms with Gasteiger partial charge in [-0.1, -0.05) is 40.5 Å². The van der Waals surface area contributed by atoms with E-state index in [1.165, 1.54) is 4.31 Å². The molecule has 1 amide bonds. The summed E-state index contributed by atoms with van der Waals surface area (Å²) >= 11 is 3.51. The van der Waals surface area contributed by atoms with Gasteiger partial charge in [0.2, 0.25) is 15.9 Å². The van der Waals surface area contributed by atoms with E-state index in [0.29, 0.717) is 24.3 Å². The fraction of sp³-hybridized carbons (Fsp3) is 0.458. The van der Waals surface area contributed by atoms with Gasteiger partial charge in [0.05, 0.1) is 10.8 Å². The molecule has 1 aliphatic rings. The van der Waals surface area contributed by atoms with Crippen LogP contribution in [0, 0.1) is 33.6 Å². The molecule has 1 heterocycles. The topological polar surface area (TPSA) is 66.5 Å². The zero-order chi connectivity index (χ0) is 22.9. The zero-order valence-corrected chi connectivity index (χ0v) is 21.3. The van der Waals surface area contributed by atoms with Crippen LogP contribution in [-0.2, 0) is 21.2 Å². The number of amides is 1. The van der Waals surface area contributed by atoms with Crippen LogP contribution in [0.4, 0.5) is 5.69 Å². The fourth-order valence-electron chi connectivity index (χ4n) is 4.57. The average molecular weight is 507 g/mol. The van der Waals surface area contributed by atoms with E-state index >= 15 is 0 Å². The van der Waals surface area contributed by atoms with Crippen molar-refractivity contribution in [1.29, 1.82) is 0 Å². The lowest BCUT2D eigenvalue weighted by molar-refractivity contribution is -0.120. The summed E-state index contributed by atoms with van der Waals surface area (Å²) in [7, 11) is -3.66. The Balaban J connectivity index is 1.84. The van der Waals surface area contributed by atoms with Gasteiger partial charge in [-0.3, -0.25) is 4.79 Å². The number of benzene rings is 2. The molecule has 31 heavy (non-hydrogen) atoms. The van der Waals surface area contributed by atoms with Crippen LogP contribution in [0.25, 0.3) is 0 Å². The number of carbonyl (C=O) groups is 1. The number of aryl methyl sites for hydroxylation is 5. The Kier molecular flexibility index (Phi) is 7.28. The number of piperidine rings is 1. The molecule has 1 N–H and O–H groups in total. The molecule has 1 saturated heterocycles. The van der Waals surface area contributed by atoms with Crippen molar-refractivity contribution >= 4 is 37.5 Å². The molecule has 0 unspecified atom stereocenters. The molecule has 1 atom stereocenters. The van der Waals surface area contributed by atoms with Crippen molar-refractivity contribution in [3.05, 3.63) is 56.6 Å². The number of anilines is 1. The van der Waals surface area contributed by atoms with Gasteiger partial charge in [0, 0.05) is 23.2 Å². The van der Waals surface area contributed by atoms with E-state index in [4.69, 9.17) is 0 Å². The molecule has 2 aromatic carbocycles. The van der Waals surface area contributed by atoms with Crippen LogP contribution in [0.15, 0.2) is 33.6 Å². The third-order valence-electron chi connectivity index (χ3n) is 5.97. The van der Waals surface area contributed by atoms with E-state index < -0.39 is 10.0 Å². The first-order chi connectivity index (χ1) is 14.5. The van der Waals surface area contributed by atoms with Crippen molar-refractivity contribution in [2.24, 2.45) is 5.92 Å². The molecule has 0 aromatic heterocycles. The van der Waals surface area contributed by atoms with Crippen molar-refractivity contribution in [3.63, 3.8) is 0 Å². The summed E-state index contributed by atoms with van der Waals surface area (Å²) in [6.45, 7) is 10.3. The Morgan fingerprint density at radius 2 is 1.74 bits per heavy atom. The minimum atomic E-state index is -3.66. The van der Waals surface area contributed by atoms with Gasteiger partial charge >= 0.3 is 0 Å². The van der Waals surface area contributed by atoms with E-state index in [9.17, 15) is 13.2 Å². The SMILES string of the molecule is CCc1cc(Br)cc(C)c1NC(=O)[C@@H]1CCCN(S(=O)(=O)c2c(C)cc(C)cc2C)C1. The van der Waals surface area contributed by atoms with Crippen molar-refractivity contribution in [1.82, 2.24) is 4.31 Å². The molecule has 3 rings (SSSR count). The Morgan fingerprint density at radius 1 is 1.10 bits per heavy atom. The third-order valence-corrected chi connectivity index (χ3v) is 8.60. The first kappa shape index (κ1) is 24.0. The summed E-state index contributed by atoms with van der Waals surface area (Å²) in [5, 5.41) is 3.09. The van der Waals surface area contributed by atoms with Crippen LogP contribution in [0.2, 0.25) is 0 Å². The molecule has 0 radical (unpaired) electrons. The lowest BCUT2D eigenvalue weighted by atomic mass is 9.98. The summed E-state index contributed by atoms with van der Waals surface area (Å²) in [4.78, 5) is 13.5. The van der Waals surface area contributed by atoms with E-state index in [1.54, 1.807) is 0 Å². The maximum Gasteiger partial charge on any atom is 0.243 e. The minimum absolute atomic E-state index is 0.114. The van der Waals surface area contributed by atoms with Crippen molar-refractivity contribution in [2.75, 3.05) is 18.4 Å². The van der Waals surface area contributed by atoms with Gasteiger partial charge in [-0.05, 0) is 81.3 Å². The molecule has 0 bridgehead atoms. The highest BCUT2D eigenvalue weighted by molar-refractivity contribution is 9.10. The number of nitrogens with zero attached hydrogens (tertiary/aromatic N) is 1. The standard InChI is InChI=1S/C24H31BrN2O3S/c1-6-19-13-21(25)12-16(3)22(19)26-24(28)20-8-7-9-27(14-20)31(29,30)23-17(4)10-15(2)11-18(23)5/h10-13,20H,6-9,14H2,1-5H3,(H,26,28)/t20-/m1/s1. The molecular weight excluding hydrogens is 476 g/mol. The van der Waals surface area contributed by atoms with Gasteiger partial charge in [-0.2, -0.15) is 4.31 Å². The zero-order valence-electron chi connectivity index (χ0n) is 18.9. The Morgan fingerprint density at radius 3 is 2.35 bits per heavy atom. The molecule has 168 valence electrons. The van der Waals surface area contributed by atoms with E-state index in [-0.39, 0.29) is 18.4 Å². The third kappa shape index (κ3) is 5.04. The molecule has 1 fully saturated rings. The van der Waals surface area contributed by atoms with Gasteiger partial charge in [0.1, 0.15) is 0 Å². The average Bonchev–Trinajstić information content (AvgIpc) is 2.68. The van der Waals surface area contributed by atoms with Crippen molar-refractivity contribution < 1.29 is 13.2 Å². The molecule has 7 heteroatoms. The second-order valence-corrected chi connectivity index (χ2v) is 11.3. The molecule has 2 aromatic rings. The van der Waals surface area contributed by atoms with Crippen LogP contribution in [0.3, 0.4) is 0 Å². The predicted molar refractivity (Wildman–Crippen MR) is 129 cm³/mol. The Hall–Kier alpha value is -1.70. The van der Waals surface area contributed by atoms with Gasteiger partial charge in [-0.25, -0.2) is 8.42 Å². The van der Waals surface area contributed by atoms with E-state index in [1.807, 2.05) is 52.0 Å². The molecule has 1 aliphatic heterocycles. The van der Waals surface area contributed by atoms with Crippen LogP contribution in [0.1, 0.15) is 47.6 Å². The maximum atomic E-state index is 13.4. The Bertz CT molecular complexity index is 1090.